The number of benzene rings is 2. The number of amides is 1. The molecule has 0 aliphatic carbocycles. The predicted octanol–water partition coefficient (Wildman–Crippen LogP) is 4.35. The molecule has 5 heteroatoms. The third-order valence-electron chi connectivity index (χ3n) is 3.29. The van der Waals surface area contributed by atoms with Crippen LogP contribution in [0.2, 0.25) is 5.02 Å². The number of hydrogen-bond acceptors (Lipinski definition) is 3. The molecule has 0 aromatic heterocycles. The summed E-state index contributed by atoms with van der Waals surface area (Å²) in [6, 6.07) is 15.4. The molecular weight excluding hydrogens is 316 g/mol. The molecule has 2 aromatic carbocycles. The predicted molar refractivity (Wildman–Crippen MR) is 94.7 cm³/mol. The van der Waals surface area contributed by atoms with Crippen molar-refractivity contribution in [3.63, 3.8) is 0 Å². The van der Waals surface area contributed by atoms with Crippen LogP contribution in [0.3, 0.4) is 0 Å². The van der Waals surface area contributed by atoms with Crippen LogP contribution in [0.25, 0.3) is 0 Å². The fourth-order valence-electron chi connectivity index (χ4n) is 2.09. The van der Waals surface area contributed by atoms with Crippen LogP contribution in [0, 0.1) is 0 Å². The van der Waals surface area contributed by atoms with E-state index in [0.29, 0.717) is 5.02 Å². The molecule has 0 unspecified atom stereocenters. The first-order valence-electron chi connectivity index (χ1n) is 7.02. The van der Waals surface area contributed by atoms with Crippen molar-refractivity contribution in [1.82, 2.24) is 5.32 Å². The fourth-order valence-corrected chi connectivity index (χ4v) is 2.85. The summed E-state index contributed by atoms with van der Waals surface area (Å²) < 4.78 is 0. The molecule has 0 radical (unpaired) electrons. The highest BCUT2D eigenvalue weighted by atomic mass is 35.5. The van der Waals surface area contributed by atoms with Crippen LogP contribution < -0.4 is 10.6 Å². The van der Waals surface area contributed by atoms with E-state index in [-0.39, 0.29) is 18.5 Å². The van der Waals surface area contributed by atoms with Crippen LogP contribution in [0.1, 0.15) is 18.5 Å². The van der Waals surface area contributed by atoms with Crippen LogP contribution in [0.5, 0.6) is 0 Å². The van der Waals surface area contributed by atoms with Crippen molar-refractivity contribution in [3.05, 3.63) is 59.1 Å². The van der Waals surface area contributed by atoms with Crippen molar-refractivity contribution in [3.8, 4) is 0 Å². The van der Waals surface area contributed by atoms with E-state index >= 15 is 0 Å². The standard InChI is InChI=1S/C17H19ClN2OS/c1-12(15-8-3-4-9-16(15)18)19-11-17(21)20-13-6-5-7-14(10-13)22-2/h3-10,12,19H,11H2,1-2H3,(H,20,21)/t12-/m1/s1. The molecule has 2 aromatic rings. The number of thioether (sulfide) groups is 1. The van der Waals surface area contributed by atoms with Crippen molar-refractivity contribution in [1.29, 1.82) is 0 Å². The minimum Gasteiger partial charge on any atom is -0.325 e. The third kappa shape index (κ3) is 4.77. The largest absolute Gasteiger partial charge is 0.325 e. The number of anilines is 1. The molecule has 1 amide bonds. The number of nitrogens with one attached hydrogen (secondary N) is 2. The molecule has 0 saturated heterocycles. The van der Waals surface area contributed by atoms with Gasteiger partial charge in [-0.3, -0.25) is 4.79 Å². The van der Waals surface area contributed by atoms with E-state index in [1.54, 1.807) is 11.8 Å². The average molecular weight is 335 g/mol. The van der Waals surface area contributed by atoms with Gasteiger partial charge in [0.25, 0.3) is 0 Å². The molecule has 22 heavy (non-hydrogen) atoms. The Morgan fingerprint density at radius 1 is 1.23 bits per heavy atom. The lowest BCUT2D eigenvalue weighted by molar-refractivity contribution is -0.115. The summed E-state index contributed by atoms with van der Waals surface area (Å²) in [5, 5.41) is 6.78. The molecule has 0 saturated carbocycles. The van der Waals surface area contributed by atoms with Crippen LogP contribution in [0.4, 0.5) is 5.69 Å². The van der Waals surface area contributed by atoms with Crippen LogP contribution in [-0.4, -0.2) is 18.7 Å². The first-order chi connectivity index (χ1) is 10.6. The molecule has 0 fully saturated rings. The van der Waals surface area contributed by atoms with Gasteiger partial charge >= 0.3 is 0 Å². The number of carbonyl (C=O) groups excluding carboxylic acids is 1. The van der Waals surface area contributed by atoms with Crippen LogP contribution >= 0.6 is 23.4 Å². The summed E-state index contributed by atoms with van der Waals surface area (Å²) in [5.74, 6) is -0.0721. The lowest BCUT2D eigenvalue weighted by Crippen LogP contribution is -2.30. The Balaban J connectivity index is 1.88. The number of hydrogen-bond donors (Lipinski definition) is 2. The number of carbonyl (C=O) groups is 1. The lowest BCUT2D eigenvalue weighted by atomic mass is 10.1. The Labute approximate surface area is 140 Å². The first kappa shape index (κ1) is 16.9. The monoisotopic (exact) mass is 334 g/mol. The SMILES string of the molecule is CSc1cccc(NC(=O)CN[C@H](C)c2ccccc2Cl)c1. The van der Waals surface area contributed by atoms with E-state index < -0.39 is 0 Å². The van der Waals surface area contributed by atoms with Crippen molar-refractivity contribution < 1.29 is 4.79 Å². The molecular formula is C17H19ClN2OS. The zero-order chi connectivity index (χ0) is 15.9. The molecule has 0 spiro atoms. The van der Waals surface area contributed by atoms with Gasteiger partial charge in [-0.1, -0.05) is 35.9 Å². The Bertz CT molecular complexity index is 648. The average Bonchev–Trinajstić information content (AvgIpc) is 2.53. The summed E-state index contributed by atoms with van der Waals surface area (Å²) in [6.45, 7) is 2.22. The van der Waals surface area contributed by atoms with Gasteiger partial charge < -0.3 is 10.6 Å². The zero-order valence-corrected chi connectivity index (χ0v) is 14.2. The van der Waals surface area contributed by atoms with E-state index in [2.05, 4.69) is 10.6 Å². The van der Waals surface area contributed by atoms with E-state index in [1.165, 1.54) is 0 Å². The second-order valence-electron chi connectivity index (χ2n) is 4.90. The van der Waals surface area contributed by atoms with Crippen molar-refractivity contribution in [2.45, 2.75) is 17.9 Å². The van der Waals surface area contributed by atoms with Gasteiger partial charge in [0.2, 0.25) is 5.91 Å². The van der Waals surface area contributed by atoms with Gasteiger partial charge in [0.05, 0.1) is 6.54 Å². The highest BCUT2D eigenvalue weighted by molar-refractivity contribution is 7.98. The molecule has 0 aliphatic rings. The molecule has 3 nitrogen and oxygen atoms in total. The highest BCUT2D eigenvalue weighted by Crippen LogP contribution is 2.22. The molecule has 0 aliphatic heterocycles. The van der Waals surface area contributed by atoms with Crippen LogP contribution in [0.15, 0.2) is 53.4 Å². The molecule has 0 heterocycles. The smallest absolute Gasteiger partial charge is 0.238 e. The molecule has 2 rings (SSSR count). The van der Waals surface area contributed by atoms with E-state index in [9.17, 15) is 4.79 Å². The van der Waals surface area contributed by atoms with Gasteiger partial charge in [0.15, 0.2) is 0 Å². The van der Waals surface area contributed by atoms with Crippen molar-refractivity contribution >= 4 is 35.0 Å². The van der Waals surface area contributed by atoms with E-state index in [0.717, 1.165) is 16.1 Å². The fraction of sp³-hybridized carbons (Fsp3) is 0.235. The Hall–Kier alpha value is -1.49. The van der Waals surface area contributed by atoms with Gasteiger partial charge in [0.1, 0.15) is 0 Å². The molecule has 2 N–H and O–H groups in total. The van der Waals surface area contributed by atoms with E-state index in [1.807, 2.05) is 61.7 Å². The maximum absolute atomic E-state index is 12.0. The highest BCUT2D eigenvalue weighted by Gasteiger charge is 2.10. The Kier molecular flexibility index (Phi) is 6.31. The number of halogens is 1. The number of rotatable bonds is 6. The minimum atomic E-state index is -0.0721. The summed E-state index contributed by atoms with van der Waals surface area (Å²) in [5.41, 5.74) is 1.80. The third-order valence-corrected chi connectivity index (χ3v) is 4.36. The maximum Gasteiger partial charge on any atom is 0.238 e. The van der Waals surface area contributed by atoms with Gasteiger partial charge in [-0.15, -0.1) is 11.8 Å². The lowest BCUT2D eigenvalue weighted by Gasteiger charge is -2.15. The van der Waals surface area contributed by atoms with E-state index in [4.69, 9.17) is 11.6 Å². The summed E-state index contributed by atoms with van der Waals surface area (Å²) in [6.07, 6.45) is 2.01. The van der Waals surface area contributed by atoms with Crippen LogP contribution in [-0.2, 0) is 4.79 Å². The molecule has 1 atom stereocenters. The topological polar surface area (TPSA) is 41.1 Å². The zero-order valence-electron chi connectivity index (χ0n) is 12.6. The van der Waals surface area contributed by atoms with Gasteiger partial charge in [-0.2, -0.15) is 0 Å². The minimum absolute atomic E-state index is 0.0111. The molecule has 116 valence electrons. The summed E-state index contributed by atoms with van der Waals surface area (Å²) >= 11 is 7.80. The quantitative estimate of drug-likeness (QED) is 0.771. The Morgan fingerprint density at radius 2 is 2.00 bits per heavy atom. The van der Waals surface area contributed by atoms with Gasteiger partial charge in [0, 0.05) is 21.6 Å². The normalized spacial score (nSPS) is 12.0. The second kappa shape index (κ2) is 8.22. The molecule has 0 bridgehead atoms. The van der Waals surface area contributed by atoms with Crippen molar-refractivity contribution in [2.75, 3.05) is 18.1 Å². The van der Waals surface area contributed by atoms with Crippen molar-refractivity contribution in [2.24, 2.45) is 0 Å². The van der Waals surface area contributed by atoms with Gasteiger partial charge in [-0.05, 0) is 43.0 Å². The summed E-state index contributed by atoms with van der Waals surface area (Å²) in [7, 11) is 0. The maximum atomic E-state index is 12.0. The van der Waals surface area contributed by atoms with Gasteiger partial charge in [-0.25, -0.2) is 0 Å². The Morgan fingerprint density at radius 3 is 2.73 bits per heavy atom. The summed E-state index contributed by atoms with van der Waals surface area (Å²) in [4.78, 5) is 13.1. The second-order valence-corrected chi connectivity index (χ2v) is 6.19. The first-order valence-corrected chi connectivity index (χ1v) is 8.62.